The number of ketones is 2. The van der Waals surface area contributed by atoms with Crippen molar-refractivity contribution in [3.8, 4) is 0 Å². The number of nitrogens with one attached hydrogen (secondary N) is 11. The second-order valence-corrected chi connectivity index (χ2v) is 28.3. The number of amides is 11. The van der Waals surface area contributed by atoms with E-state index in [1.54, 1.807) is 127 Å². The Labute approximate surface area is 562 Å². The van der Waals surface area contributed by atoms with E-state index in [1.807, 2.05) is 0 Å². The standard InChI is InChI=1S/C65H108N12O19/c1-36(2)32-45-54(85)72-42(24-29-69-59(90)94-63(8,9)10)47(80)35-41(23-28-68-58(89)93-62(5,6)7)52(83)77-50(38(4)79)57(88)67-27-22-40(34-48(81)43(73-56(87)49(66)37(3)78)25-30-70-60(91)95-64(11,12)13)51(82)74-44(26-31-71-61(92)96-65(14,15)16)53(84)76-46(55(86)75-45)33-39-20-18-17-19-21-39/h17-21,36-38,40-46,49-50,78-79H,22-35,66H2,1-16H3,(H,67,88)(H,68,89)(H,69,90)(H,70,91)(H,71,92)(H,72,85)(H,73,87)(H,74,82)(H,75,86)(H,76,84)(H,77,83)/t37?,38?,40-,41-,42+,43+,44+,45+,46-,49+,50+/m1/s1. The number of hydrogen-bond acceptors (Lipinski definition) is 20. The minimum atomic E-state index is -1.79. The number of alkyl carbamates (subject to hydrolysis) is 4. The highest BCUT2D eigenvalue weighted by Gasteiger charge is 2.38. The summed E-state index contributed by atoms with van der Waals surface area (Å²) in [4.78, 5) is 183. The van der Waals surface area contributed by atoms with Gasteiger partial charge in [0.2, 0.25) is 41.4 Å². The van der Waals surface area contributed by atoms with Crippen molar-refractivity contribution in [2.45, 2.75) is 245 Å². The van der Waals surface area contributed by atoms with Crippen LogP contribution in [-0.2, 0) is 68.5 Å². The zero-order valence-electron chi connectivity index (χ0n) is 58.6. The zero-order valence-corrected chi connectivity index (χ0v) is 58.6. The van der Waals surface area contributed by atoms with Gasteiger partial charge in [0.05, 0.1) is 24.3 Å². The van der Waals surface area contributed by atoms with E-state index in [2.05, 4.69) is 58.5 Å². The Balaban J connectivity index is 3.02. The highest BCUT2D eigenvalue weighted by atomic mass is 16.6. The summed E-state index contributed by atoms with van der Waals surface area (Å²) in [5.41, 5.74) is 2.72. The molecule has 0 aromatic heterocycles. The molecule has 0 saturated carbocycles. The number of aliphatic hydroxyl groups is 2. The molecule has 1 aromatic carbocycles. The Morgan fingerprint density at radius 1 is 0.542 bits per heavy atom. The van der Waals surface area contributed by atoms with E-state index < -0.39 is 198 Å². The first-order valence-corrected chi connectivity index (χ1v) is 32.5. The van der Waals surface area contributed by atoms with Crippen molar-refractivity contribution in [3.05, 3.63) is 35.9 Å². The van der Waals surface area contributed by atoms with Crippen molar-refractivity contribution in [2.75, 3.05) is 32.7 Å². The molecule has 1 saturated heterocycles. The third-order valence-electron chi connectivity index (χ3n) is 14.1. The maximum atomic E-state index is 15.0. The molecule has 1 fully saturated rings. The van der Waals surface area contributed by atoms with Gasteiger partial charge >= 0.3 is 24.4 Å². The van der Waals surface area contributed by atoms with Crippen LogP contribution in [0.2, 0.25) is 0 Å². The second-order valence-electron chi connectivity index (χ2n) is 28.3. The number of rotatable bonds is 23. The maximum absolute atomic E-state index is 15.0. The molecule has 96 heavy (non-hydrogen) atoms. The van der Waals surface area contributed by atoms with Crippen molar-refractivity contribution in [1.29, 1.82) is 0 Å². The van der Waals surface area contributed by atoms with Crippen molar-refractivity contribution >= 4 is 77.3 Å². The van der Waals surface area contributed by atoms with Crippen LogP contribution in [0.4, 0.5) is 19.2 Å². The van der Waals surface area contributed by atoms with Gasteiger partial charge in [-0.05, 0) is 147 Å². The first-order chi connectivity index (χ1) is 44.3. The maximum Gasteiger partial charge on any atom is 0.407 e. The molecule has 542 valence electrons. The normalized spacial score (nSPS) is 21.5. The number of ether oxygens (including phenoxy) is 4. The first-order valence-electron chi connectivity index (χ1n) is 32.5. The Kier molecular flexibility index (Phi) is 34.2. The summed E-state index contributed by atoms with van der Waals surface area (Å²) in [6.45, 7) is 23.7. The quantitative estimate of drug-likeness (QED) is 0.0692. The van der Waals surface area contributed by atoms with Crippen LogP contribution in [-0.4, -0.2) is 197 Å². The van der Waals surface area contributed by atoms with Gasteiger partial charge in [-0.1, -0.05) is 44.2 Å². The Hall–Kier alpha value is -8.19. The summed E-state index contributed by atoms with van der Waals surface area (Å²) in [5.74, 6) is -11.8. The van der Waals surface area contributed by atoms with E-state index in [4.69, 9.17) is 24.7 Å². The lowest BCUT2D eigenvalue weighted by Crippen LogP contribution is -2.59. The Bertz CT molecular complexity index is 2790. The third kappa shape index (κ3) is 34.5. The molecule has 31 nitrogen and oxygen atoms in total. The molecule has 1 aliphatic rings. The average molecular weight is 1360 g/mol. The van der Waals surface area contributed by atoms with Crippen molar-refractivity contribution < 1.29 is 91.5 Å². The molecule has 11 amide bonds. The van der Waals surface area contributed by atoms with Gasteiger partial charge < -0.3 is 93.4 Å². The molecular weight excluding hydrogens is 1250 g/mol. The van der Waals surface area contributed by atoms with E-state index in [1.165, 1.54) is 13.8 Å². The first kappa shape index (κ1) is 83.9. The Morgan fingerprint density at radius 3 is 1.45 bits per heavy atom. The van der Waals surface area contributed by atoms with E-state index in [0.29, 0.717) is 5.56 Å². The molecular formula is C65H108N12O19. The topological polar surface area (TPSA) is 458 Å². The lowest BCUT2D eigenvalue weighted by Gasteiger charge is -2.28. The van der Waals surface area contributed by atoms with E-state index in [9.17, 15) is 67.7 Å². The van der Waals surface area contributed by atoms with Crippen LogP contribution in [0.25, 0.3) is 0 Å². The lowest BCUT2D eigenvalue weighted by atomic mass is 9.92. The van der Waals surface area contributed by atoms with Gasteiger partial charge in [-0.15, -0.1) is 0 Å². The van der Waals surface area contributed by atoms with Gasteiger partial charge in [-0.2, -0.15) is 0 Å². The number of aliphatic hydroxyl groups excluding tert-OH is 2. The third-order valence-corrected chi connectivity index (χ3v) is 14.1. The van der Waals surface area contributed by atoms with Crippen molar-refractivity contribution in [2.24, 2.45) is 23.5 Å². The van der Waals surface area contributed by atoms with Crippen LogP contribution in [0.3, 0.4) is 0 Å². The summed E-state index contributed by atoms with van der Waals surface area (Å²) in [5, 5.41) is 49.7. The number of nitrogens with two attached hydrogens (primary N) is 1. The number of carbonyl (C=O) groups is 13. The van der Waals surface area contributed by atoms with Crippen molar-refractivity contribution in [3.63, 3.8) is 0 Å². The molecule has 0 bridgehead atoms. The SMILES string of the molecule is CC(C)C[C@@H]1NC(=O)[C@@H](Cc2ccccc2)NC(=O)[C@H](CCNC(=O)OC(C)(C)C)NC(=O)[C@@H](CC(=O)[C@H](CCNC(=O)OC(C)(C)C)NC(=O)[C@@H](N)C(C)O)CCNC(=O)[C@H](C(C)O)NC(=O)[C@H](CCNC(=O)OC(C)(C)C)CC(=O)[C@H](CCNC(=O)OC(C)(C)C)NC1=O. The van der Waals surface area contributed by atoms with Crippen LogP contribution in [0.15, 0.2) is 30.3 Å². The second kappa shape index (κ2) is 39.1. The minimum absolute atomic E-state index is 0.0575. The number of benzene rings is 1. The van der Waals surface area contributed by atoms with E-state index >= 15 is 4.79 Å². The highest BCUT2D eigenvalue weighted by molar-refractivity contribution is 5.98. The van der Waals surface area contributed by atoms with E-state index in [-0.39, 0.29) is 64.2 Å². The van der Waals surface area contributed by atoms with Gasteiger partial charge in [0, 0.05) is 63.8 Å². The average Bonchev–Trinajstić information content (AvgIpc) is 0.947. The van der Waals surface area contributed by atoms with Crippen LogP contribution in [0.5, 0.6) is 0 Å². The summed E-state index contributed by atoms with van der Waals surface area (Å²) in [6.07, 6.45) is -10.1. The molecule has 11 atom stereocenters. The number of carbonyl (C=O) groups excluding carboxylic acids is 13. The van der Waals surface area contributed by atoms with Gasteiger partial charge in [0.15, 0.2) is 11.6 Å². The number of Topliss-reactive ketones (excluding diaryl/α,β-unsaturated/α-hetero) is 2. The predicted octanol–water partition coefficient (Wildman–Crippen LogP) is 1.60. The van der Waals surface area contributed by atoms with Crippen molar-refractivity contribution in [1.82, 2.24) is 58.5 Å². The zero-order chi connectivity index (χ0) is 73.1. The fourth-order valence-corrected chi connectivity index (χ4v) is 9.39. The molecule has 31 heteroatoms. The summed E-state index contributed by atoms with van der Waals surface area (Å²) in [6, 6.07) is -2.61. The molecule has 1 heterocycles. The lowest BCUT2D eigenvalue weighted by molar-refractivity contribution is -0.136. The highest BCUT2D eigenvalue weighted by Crippen LogP contribution is 2.19. The molecule has 0 aliphatic carbocycles. The summed E-state index contributed by atoms with van der Waals surface area (Å²) < 4.78 is 21.5. The van der Waals surface area contributed by atoms with E-state index in [0.717, 1.165) is 0 Å². The molecule has 1 aliphatic heterocycles. The smallest absolute Gasteiger partial charge is 0.407 e. The predicted molar refractivity (Wildman–Crippen MR) is 352 cm³/mol. The minimum Gasteiger partial charge on any atom is -0.444 e. The van der Waals surface area contributed by atoms with Crippen LogP contribution in [0, 0.1) is 17.8 Å². The van der Waals surface area contributed by atoms with Crippen LogP contribution < -0.4 is 64.2 Å². The molecule has 0 spiro atoms. The fourth-order valence-electron chi connectivity index (χ4n) is 9.39. The molecule has 2 rings (SSSR count). The Morgan fingerprint density at radius 2 is 0.969 bits per heavy atom. The summed E-state index contributed by atoms with van der Waals surface area (Å²) >= 11 is 0. The van der Waals surface area contributed by atoms with Crippen LogP contribution >= 0.6 is 0 Å². The van der Waals surface area contributed by atoms with Gasteiger partial charge in [0.25, 0.3) is 0 Å². The van der Waals surface area contributed by atoms with Crippen LogP contribution in [0.1, 0.15) is 168 Å². The largest absolute Gasteiger partial charge is 0.444 e. The van der Waals surface area contributed by atoms with Gasteiger partial charge in [0.1, 0.15) is 52.6 Å². The molecule has 2 unspecified atom stereocenters. The fraction of sp³-hybridized carbons (Fsp3) is 0.708. The molecule has 15 N–H and O–H groups in total. The monoisotopic (exact) mass is 1360 g/mol. The van der Waals surface area contributed by atoms with Gasteiger partial charge in [-0.25, -0.2) is 19.2 Å². The summed E-state index contributed by atoms with van der Waals surface area (Å²) in [7, 11) is 0. The number of hydrogen-bond donors (Lipinski definition) is 14. The molecule has 0 radical (unpaired) electrons. The van der Waals surface area contributed by atoms with Gasteiger partial charge in [-0.3, -0.25) is 43.2 Å². The molecule has 1 aromatic rings.